The van der Waals surface area contributed by atoms with Crippen LogP contribution in [0, 0.1) is 11.8 Å². The summed E-state index contributed by atoms with van der Waals surface area (Å²) in [5, 5.41) is 12.3. The molecule has 1 fully saturated rings. The van der Waals surface area contributed by atoms with E-state index < -0.39 is 18.1 Å². The molecule has 5 heteroatoms. The van der Waals surface area contributed by atoms with Crippen LogP contribution in [0.4, 0.5) is 5.69 Å². The van der Waals surface area contributed by atoms with E-state index in [4.69, 9.17) is 5.73 Å². The van der Waals surface area contributed by atoms with Gasteiger partial charge in [0.05, 0.1) is 5.69 Å². The monoisotopic (exact) mass is 375 g/mol. The number of nitrogens with one attached hydrogen (secondary N) is 1. The van der Waals surface area contributed by atoms with E-state index in [0.29, 0.717) is 24.8 Å². The van der Waals surface area contributed by atoms with E-state index in [1.54, 1.807) is 0 Å². The molecule has 27 heavy (non-hydrogen) atoms. The highest BCUT2D eigenvalue weighted by Crippen LogP contribution is 2.27. The summed E-state index contributed by atoms with van der Waals surface area (Å²) in [5.41, 5.74) is 9.99. The van der Waals surface area contributed by atoms with Gasteiger partial charge in [0.2, 0.25) is 0 Å². The molecule has 1 aliphatic rings. The van der Waals surface area contributed by atoms with Gasteiger partial charge in [0.1, 0.15) is 6.10 Å². The van der Waals surface area contributed by atoms with Crippen molar-refractivity contribution in [2.75, 3.05) is 11.6 Å². The number of carbonyl (C=O) groups excluding carboxylic acids is 1. The summed E-state index contributed by atoms with van der Waals surface area (Å²) in [4.78, 5) is 12.6. The van der Waals surface area contributed by atoms with Gasteiger partial charge in [-0.15, -0.1) is 0 Å². The second-order valence-corrected chi connectivity index (χ2v) is 8.11. The number of benzene rings is 1. The van der Waals surface area contributed by atoms with Crippen molar-refractivity contribution >= 4 is 11.6 Å². The number of aliphatic hydroxyl groups is 1. The number of hydrogen-bond acceptors (Lipinski definition) is 4. The fourth-order valence-electron chi connectivity index (χ4n) is 3.74. The number of para-hydroxylation sites is 1. The van der Waals surface area contributed by atoms with Crippen molar-refractivity contribution in [3.63, 3.8) is 0 Å². The molecule has 3 atom stereocenters. The molecule has 0 saturated heterocycles. The number of rotatable bonds is 10. The van der Waals surface area contributed by atoms with Crippen LogP contribution in [0.3, 0.4) is 0 Å². The standard InChI is InChI=1S/C22H37N3O2/c1-3-17(2)14-15-25(19-12-8-5-9-13-19)24-22(27)21(26)20(23)16-18-10-6-4-7-11-18/h5,8-9,12-13,17-18,20-21,26H,3-4,6-7,10-11,14-16,23H2,1-2H3,(H,24,27)/t17?,20-,21?/m1/s1. The molecule has 1 saturated carbocycles. The van der Waals surface area contributed by atoms with Crippen LogP contribution in [0.1, 0.15) is 65.2 Å². The molecule has 2 unspecified atom stereocenters. The van der Waals surface area contributed by atoms with Gasteiger partial charge in [0.15, 0.2) is 0 Å². The van der Waals surface area contributed by atoms with Crippen molar-refractivity contribution < 1.29 is 9.90 Å². The number of hydrazine groups is 1. The van der Waals surface area contributed by atoms with Gasteiger partial charge in [-0.25, -0.2) is 0 Å². The van der Waals surface area contributed by atoms with Crippen molar-refractivity contribution in [2.45, 2.75) is 77.4 Å². The van der Waals surface area contributed by atoms with Crippen LogP contribution in [0.2, 0.25) is 0 Å². The van der Waals surface area contributed by atoms with Crippen molar-refractivity contribution in [2.24, 2.45) is 17.6 Å². The van der Waals surface area contributed by atoms with E-state index in [1.165, 1.54) is 19.3 Å². The second kappa shape index (κ2) is 11.3. The fourth-order valence-corrected chi connectivity index (χ4v) is 3.74. The molecule has 0 bridgehead atoms. The fraction of sp³-hybridized carbons (Fsp3) is 0.682. The number of aliphatic hydroxyl groups excluding tert-OH is 1. The van der Waals surface area contributed by atoms with Crippen molar-refractivity contribution in [1.29, 1.82) is 0 Å². The summed E-state index contributed by atoms with van der Waals surface area (Å²) >= 11 is 0. The number of anilines is 1. The maximum Gasteiger partial charge on any atom is 0.268 e. The van der Waals surface area contributed by atoms with Crippen LogP contribution >= 0.6 is 0 Å². The number of hydrogen-bond donors (Lipinski definition) is 3. The van der Waals surface area contributed by atoms with Gasteiger partial charge in [0.25, 0.3) is 5.91 Å². The Morgan fingerprint density at radius 3 is 2.56 bits per heavy atom. The maximum atomic E-state index is 12.6. The third-order valence-electron chi connectivity index (χ3n) is 5.86. The molecule has 0 radical (unpaired) electrons. The molecule has 0 aliphatic heterocycles. The zero-order valence-electron chi connectivity index (χ0n) is 16.9. The van der Waals surface area contributed by atoms with Gasteiger partial charge in [-0.05, 0) is 36.8 Å². The molecule has 0 heterocycles. The Morgan fingerprint density at radius 2 is 1.93 bits per heavy atom. The van der Waals surface area contributed by atoms with Gasteiger partial charge in [-0.2, -0.15) is 0 Å². The van der Waals surface area contributed by atoms with Crippen molar-refractivity contribution in [3.05, 3.63) is 30.3 Å². The zero-order chi connectivity index (χ0) is 19.6. The van der Waals surface area contributed by atoms with E-state index in [9.17, 15) is 9.90 Å². The highest BCUT2D eigenvalue weighted by atomic mass is 16.3. The summed E-state index contributed by atoms with van der Waals surface area (Å²) in [6.07, 6.45) is 7.68. The van der Waals surface area contributed by atoms with E-state index in [0.717, 1.165) is 31.4 Å². The van der Waals surface area contributed by atoms with E-state index in [-0.39, 0.29) is 0 Å². The van der Waals surface area contributed by atoms with Crippen LogP contribution < -0.4 is 16.2 Å². The molecule has 4 N–H and O–H groups in total. The minimum absolute atomic E-state index is 0.411. The molecule has 1 aromatic rings. The van der Waals surface area contributed by atoms with Gasteiger partial charge < -0.3 is 10.8 Å². The number of carbonyl (C=O) groups is 1. The molecule has 1 aliphatic carbocycles. The second-order valence-electron chi connectivity index (χ2n) is 8.11. The first-order chi connectivity index (χ1) is 13.0. The Hall–Kier alpha value is -1.59. The summed E-state index contributed by atoms with van der Waals surface area (Å²) in [6, 6.07) is 9.26. The predicted octanol–water partition coefficient (Wildman–Crippen LogP) is 3.62. The highest BCUT2D eigenvalue weighted by Gasteiger charge is 2.27. The summed E-state index contributed by atoms with van der Waals surface area (Å²) < 4.78 is 0. The SMILES string of the molecule is CCC(C)CCN(NC(=O)C(O)[C@H](N)CC1CCCCC1)c1ccccc1. The van der Waals surface area contributed by atoms with Gasteiger partial charge >= 0.3 is 0 Å². The smallest absolute Gasteiger partial charge is 0.268 e. The molecule has 1 amide bonds. The lowest BCUT2D eigenvalue weighted by Crippen LogP contribution is -2.53. The molecule has 1 aromatic carbocycles. The molecular weight excluding hydrogens is 338 g/mol. The van der Waals surface area contributed by atoms with Crippen LogP contribution in [0.15, 0.2) is 30.3 Å². The van der Waals surface area contributed by atoms with Crippen molar-refractivity contribution in [3.8, 4) is 0 Å². The van der Waals surface area contributed by atoms with E-state index >= 15 is 0 Å². The summed E-state index contributed by atoms with van der Waals surface area (Å²) in [5.74, 6) is 0.699. The average molecular weight is 376 g/mol. The minimum atomic E-state index is -1.18. The van der Waals surface area contributed by atoms with Crippen LogP contribution in [-0.2, 0) is 4.79 Å². The highest BCUT2D eigenvalue weighted by molar-refractivity contribution is 5.82. The maximum absolute atomic E-state index is 12.6. The van der Waals surface area contributed by atoms with E-state index in [2.05, 4.69) is 19.3 Å². The topological polar surface area (TPSA) is 78.6 Å². The Kier molecular flexibility index (Phi) is 9.08. The number of nitrogens with two attached hydrogens (primary N) is 1. The first-order valence-electron chi connectivity index (χ1n) is 10.6. The average Bonchev–Trinajstić information content (AvgIpc) is 2.71. The summed E-state index contributed by atoms with van der Waals surface area (Å²) in [6.45, 7) is 5.08. The van der Waals surface area contributed by atoms with Crippen molar-refractivity contribution in [1.82, 2.24) is 5.43 Å². The molecule has 0 spiro atoms. The largest absolute Gasteiger partial charge is 0.382 e. The molecule has 0 aromatic heterocycles. The third-order valence-corrected chi connectivity index (χ3v) is 5.86. The Labute approximate surface area is 164 Å². The normalized spacial score (nSPS) is 18.5. The Morgan fingerprint density at radius 1 is 1.26 bits per heavy atom. The molecular formula is C22H37N3O2. The molecule has 2 rings (SSSR count). The first-order valence-corrected chi connectivity index (χ1v) is 10.6. The third kappa shape index (κ3) is 7.15. The van der Waals surface area contributed by atoms with Gasteiger partial charge in [0, 0.05) is 12.6 Å². The van der Waals surface area contributed by atoms with E-state index in [1.807, 2.05) is 35.3 Å². The quantitative estimate of drug-likeness (QED) is 0.546. The minimum Gasteiger partial charge on any atom is -0.382 e. The Balaban J connectivity index is 1.94. The number of amides is 1. The van der Waals surface area contributed by atoms with Crippen LogP contribution in [0.5, 0.6) is 0 Å². The lowest BCUT2D eigenvalue weighted by Gasteiger charge is -2.30. The lowest BCUT2D eigenvalue weighted by atomic mass is 9.84. The Bertz CT molecular complexity index is 546. The number of nitrogens with zero attached hydrogens (tertiary/aromatic N) is 1. The van der Waals surface area contributed by atoms with Crippen LogP contribution in [-0.4, -0.2) is 29.7 Å². The lowest BCUT2D eigenvalue weighted by molar-refractivity contribution is -0.130. The zero-order valence-corrected chi connectivity index (χ0v) is 16.9. The van der Waals surface area contributed by atoms with Gasteiger partial charge in [-0.3, -0.25) is 15.2 Å². The van der Waals surface area contributed by atoms with Crippen LogP contribution in [0.25, 0.3) is 0 Å². The molecule has 152 valence electrons. The summed E-state index contributed by atoms with van der Waals surface area (Å²) in [7, 11) is 0. The predicted molar refractivity (Wildman–Crippen MR) is 111 cm³/mol. The first kappa shape index (κ1) is 21.7. The molecule has 5 nitrogen and oxygen atoms in total. The van der Waals surface area contributed by atoms with Gasteiger partial charge in [-0.1, -0.05) is 70.6 Å².